The molecule has 0 heterocycles. The van der Waals surface area contributed by atoms with E-state index in [1.54, 1.807) is 0 Å². The van der Waals surface area contributed by atoms with Crippen LogP contribution in [0.2, 0.25) is 0 Å². The van der Waals surface area contributed by atoms with E-state index < -0.39 is 0 Å². The first-order valence-corrected chi connectivity index (χ1v) is 3.86. The molecule has 11 heavy (non-hydrogen) atoms. The lowest BCUT2D eigenvalue weighted by Gasteiger charge is -2.13. The molecule has 1 heteroatoms. The Kier molecular flexibility index (Phi) is 2.66. The van der Waals surface area contributed by atoms with E-state index in [4.69, 9.17) is 0 Å². The second-order valence-corrected chi connectivity index (χ2v) is 3.02. The molecule has 0 spiro atoms. The van der Waals surface area contributed by atoms with Gasteiger partial charge in [0.1, 0.15) is 0 Å². The van der Waals surface area contributed by atoms with Crippen LogP contribution in [0.15, 0.2) is 24.3 Å². The number of aliphatic hydroxyl groups excluding tert-OH is 1. The van der Waals surface area contributed by atoms with Crippen molar-refractivity contribution < 1.29 is 5.11 Å². The quantitative estimate of drug-likeness (QED) is 0.683. The van der Waals surface area contributed by atoms with E-state index in [0.29, 0.717) is 0 Å². The van der Waals surface area contributed by atoms with Crippen LogP contribution in [0, 0.1) is 12.0 Å². The Hall–Kier alpha value is -0.820. The molecule has 1 radical (unpaired) electrons. The topological polar surface area (TPSA) is 20.2 Å². The molecule has 1 unspecified atom stereocenters. The molecule has 0 aliphatic heterocycles. The molecule has 0 amide bonds. The summed E-state index contributed by atoms with van der Waals surface area (Å²) in [6.45, 7) is 4.00. The Morgan fingerprint density at radius 3 is 2.27 bits per heavy atom. The van der Waals surface area contributed by atoms with E-state index in [1.807, 2.05) is 38.1 Å². The molecule has 1 aromatic carbocycles. The molecule has 0 saturated heterocycles. The fourth-order valence-electron chi connectivity index (χ4n) is 0.982. The van der Waals surface area contributed by atoms with Crippen molar-refractivity contribution in [3.63, 3.8) is 0 Å². The van der Waals surface area contributed by atoms with Gasteiger partial charge in [-0.3, -0.25) is 0 Å². The molecular formula is C10H13O. The zero-order valence-corrected chi connectivity index (χ0v) is 6.91. The Morgan fingerprint density at radius 1 is 1.27 bits per heavy atom. The Balaban J connectivity index is 2.77. The normalized spacial score (nSPS) is 13.5. The lowest BCUT2D eigenvalue weighted by atomic mass is 10.00. The standard InChI is InChI=1S/C10H13O/c1-8(2)10(11)9-6-4-3-5-7-9/h4-8,10-11H,1-2H3. The van der Waals surface area contributed by atoms with E-state index in [0.717, 1.165) is 5.56 Å². The van der Waals surface area contributed by atoms with E-state index in [2.05, 4.69) is 6.07 Å². The lowest BCUT2D eigenvalue weighted by molar-refractivity contribution is 0.127. The molecule has 0 aliphatic rings. The van der Waals surface area contributed by atoms with Crippen molar-refractivity contribution in [2.75, 3.05) is 0 Å². The summed E-state index contributed by atoms with van der Waals surface area (Å²) in [7, 11) is 0. The predicted octanol–water partition coefficient (Wildman–Crippen LogP) is 2.18. The monoisotopic (exact) mass is 149 g/mol. The summed E-state index contributed by atoms with van der Waals surface area (Å²) in [6, 6.07) is 10.3. The maximum atomic E-state index is 9.58. The summed E-state index contributed by atoms with van der Waals surface area (Å²) < 4.78 is 0. The fraction of sp³-hybridized carbons (Fsp3) is 0.400. The minimum Gasteiger partial charge on any atom is -0.388 e. The molecule has 59 valence electrons. The highest BCUT2D eigenvalue weighted by molar-refractivity contribution is 5.16. The third-order valence-corrected chi connectivity index (χ3v) is 1.72. The van der Waals surface area contributed by atoms with Gasteiger partial charge in [-0.25, -0.2) is 0 Å². The van der Waals surface area contributed by atoms with E-state index in [1.165, 1.54) is 0 Å². The van der Waals surface area contributed by atoms with Crippen molar-refractivity contribution in [1.29, 1.82) is 0 Å². The summed E-state index contributed by atoms with van der Waals surface area (Å²) in [6.07, 6.45) is -0.343. The zero-order valence-electron chi connectivity index (χ0n) is 6.91. The maximum Gasteiger partial charge on any atom is 0.0812 e. The van der Waals surface area contributed by atoms with Crippen LogP contribution in [0.25, 0.3) is 0 Å². The molecule has 1 nitrogen and oxygen atoms in total. The van der Waals surface area contributed by atoms with Gasteiger partial charge >= 0.3 is 0 Å². The molecule has 0 fully saturated rings. The third kappa shape index (κ3) is 2.05. The van der Waals surface area contributed by atoms with Crippen molar-refractivity contribution in [2.45, 2.75) is 20.0 Å². The summed E-state index contributed by atoms with van der Waals surface area (Å²) in [5.41, 5.74) is 0.971. The fourth-order valence-corrected chi connectivity index (χ4v) is 0.982. The highest BCUT2D eigenvalue weighted by atomic mass is 16.3. The van der Waals surface area contributed by atoms with Crippen LogP contribution in [0.1, 0.15) is 25.5 Å². The molecule has 0 bridgehead atoms. The van der Waals surface area contributed by atoms with Crippen molar-refractivity contribution >= 4 is 0 Å². The number of hydrogen-bond acceptors (Lipinski definition) is 1. The van der Waals surface area contributed by atoms with Crippen molar-refractivity contribution in [3.05, 3.63) is 35.9 Å². The van der Waals surface area contributed by atoms with Gasteiger partial charge in [0, 0.05) is 0 Å². The van der Waals surface area contributed by atoms with Gasteiger partial charge in [-0.05, 0) is 17.5 Å². The lowest BCUT2D eigenvalue weighted by Crippen LogP contribution is -2.04. The van der Waals surface area contributed by atoms with Gasteiger partial charge in [0.2, 0.25) is 0 Å². The second-order valence-electron chi connectivity index (χ2n) is 3.02. The third-order valence-electron chi connectivity index (χ3n) is 1.72. The number of aliphatic hydroxyl groups is 1. The molecular weight excluding hydrogens is 136 g/mol. The van der Waals surface area contributed by atoms with Gasteiger partial charge in [0.05, 0.1) is 6.10 Å². The van der Waals surface area contributed by atoms with Crippen LogP contribution in [0.4, 0.5) is 0 Å². The first-order chi connectivity index (χ1) is 5.22. The Morgan fingerprint density at radius 2 is 1.82 bits per heavy atom. The van der Waals surface area contributed by atoms with Gasteiger partial charge in [-0.1, -0.05) is 38.1 Å². The van der Waals surface area contributed by atoms with E-state index in [-0.39, 0.29) is 12.0 Å². The van der Waals surface area contributed by atoms with Crippen LogP contribution in [-0.4, -0.2) is 5.11 Å². The van der Waals surface area contributed by atoms with Gasteiger partial charge in [0.15, 0.2) is 0 Å². The van der Waals surface area contributed by atoms with Crippen molar-refractivity contribution in [1.82, 2.24) is 0 Å². The predicted molar refractivity (Wildman–Crippen MR) is 45.1 cm³/mol. The minimum atomic E-state index is -0.343. The second kappa shape index (κ2) is 3.54. The van der Waals surface area contributed by atoms with Gasteiger partial charge < -0.3 is 5.11 Å². The van der Waals surface area contributed by atoms with Crippen LogP contribution < -0.4 is 0 Å². The van der Waals surface area contributed by atoms with Gasteiger partial charge in [-0.2, -0.15) is 0 Å². The molecule has 0 aliphatic carbocycles. The summed E-state index contributed by atoms with van der Waals surface area (Å²) in [5, 5.41) is 9.58. The summed E-state index contributed by atoms with van der Waals surface area (Å²) >= 11 is 0. The van der Waals surface area contributed by atoms with Gasteiger partial charge in [-0.15, -0.1) is 0 Å². The Bertz CT molecular complexity index is 203. The zero-order chi connectivity index (χ0) is 8.27. The molecule has 0 aromatic heterocycles. The van der Waals surface area contributed by atoms with Crippen LogP contribution in [0.3, 0.4) is 0 Å². The average molecular weight is 149 g/mol. The molecule has 1 N–H and O–H groups in total. The molecule has 0 saturated carbocycles. The van der Waals surface area contributed by atoms with Crippen LogP contribution in [-0.2, 0) is 0 Å². The van der Waals surface area contributed by atoms with E-state index in [9.17, 15) is 5.11 Å². The molecule has 1 rings (SSSR count). The summed E-state index contributed by atoms with van der Waals surface area (Å²) in [5.74, 6) is 0.275. The number of rotatable bonds is 2. The number of hydrogen-bond donors (Lipinski definition) is 1. The minimum absolute atomic E-state index is 0.275. The van der Waals surface area contributed by atoms with Crippen molar-refractivity contribution in [2.24, 2.45) is 5.92 Å². The van der Waals surface area contributed by atoms with Crippen LogP contribution >= 0.6 is 0 Å². The summed E-state index contributed by atoms with van der Waals surface area (Å²) in [4.78, 5) is 0. The largest absolute Gasteiger partial charge is 0.388 e. The first-order valence-electron chi connectivity index (χ1n) is 3.86. The molecule has 1 atom stereocenters. The number of benzene rings is 1. The average Bonchev–Trinajstić information content (AvgIpc) is 2.05. The van der Waals surface area contributed by atoms with Gasteiger partial charge in [0.25, 0.3) is 0 Å². The van der Waals surface area contributed by atoms with E-state index >= 15 is 0 Å². The SMILES string of the molecule is CC(C)C(O)c1cc[c]cc1. The Labute approximate surface area is 67.7 Å². The van der Waals surface area contributed by atoms with Crippen molar-refractivity contribution in [3.8, 4) is 0 Å². The van der Waals surface area contributed by atoms with Crippen LogP contribution in [0.5, 0.6) is 0 Å². The molecule has 1 aromatic rings. The first kappa shape index (κ1) is 8.28. The highest BCUT2D eigenvalue weighted by Crippen LogP contribution is 2.19. The highest BCUT2D eigenvalue weighted by Gasteiger charge is 2.09. The maximum absolute atomic E-state index is 9.58. The smallest absolute Gasteiger partial charge is 0.0812 e.